The van der Waals surface area contributed by atoms with Crippen LogP contribution < -0.4 is 40.4 Å². The van der Waals surface area contributed by atoms with Gasteiger partial charge in [0.2, 0.25) is 0 Å². The Hall–Kier alpha value is -1.22. The number of carbonyl (C=O) groups excluding carboxylic acids is 2. The summed E-state index contributed by atoms with van der Waals surface area (Å²) in [5.74, 6) is -1.47. The number of anilines is 1. The summed E-state index contributed by atoms with van der Waals surface area (Å²) in [6.07, 6.45) is -0.312. The number of benzene rings is 2. The Morgan fingerprint density at radius 3 is 2.13 bits per heavy atom. The normalized spacial score (nSPS) is 8.91. The van der Waals surface area contributed by atoms with E-state index in [1.807, 2.05) is 0 Å². The zero-order chi connectivity index (χ0) is 14.7. The number of carboxylic acids is 1. The van der Waals surface area contributed by atoms with Crippen LogP contribution in [-0.2, 0) is 11.2 Å². The van der Waals surface area contributed by atoms with Gasteiger partial charge in [-0.05, 0) is 35.9 Å². The average Bonchev–Trinajstić information content (AvgIpc) is 2.41. The third kappa shape index (κ3) is 6.06. The maximum absolute atomic E-state index is 12.4. The Kier molecular flexibility index (Phi) is 11.0. The summed E-state index contributed by atoms with van der Waals surface area (Å²) in [6.45, 7) is 0. The molecule has 0 heterocycles. The maximum Gasteiger partial charge on any atom is 1.00 e. The second-order valence-corrected chi connectivity index (χ2v) is 5.18. The number of rotatable bonds is 4. The molecule has 2 aromatic carbocycles. The minimum absolute atomic E-state index is 0. The molecule has 0 atom stereocenters. The number of hydrogen-bond donors (Lipinski definition) is 1. The van der Waals surface area contributed by atoms with Crippen LogP contribution in [0.2, 0.25) is 0 Å². The SMILES string of the molecule is Nc1c(CC(=O)[O-])cccc1C(=O)c1ccc(Br)cc1.O.O.[Na+]. The van der Waals surface area contributed by atoms with Crippen LogP contribution in [0.5, 0.6) is 0 Å². The van der Waals surface area contributed by atoms with E-state index >= 15 is 0 Å². The molecule has 23 heavy (non-hydrogen) atoms. The standard InChI is InChI=1S/C15H12BrNO3.Na.2H2O/c16-11-6-4-9(5-7-11)15(20)12-3-1-2-10(14(12)17)8-13(18)19;;;/h1-7H,8,17H2,(H,18,19);;2*1H2/q;+1;;/p-1. The van der Waals surface area contributed by atoms with Crippen molar-refractivity contribution in [1.29, 1.82) is 0 Å². The number of nitrogen functional groups attached to an aromatic ring is 1. The fourth-order valence-corrected chi connectivity index (χ4v) is 2.14. The molecule has 8 heteroatoms. The average molecular weight is 392 g/mol. The van der Waals surface area contributed by atoms with E-state index in [2.05, 4.69) is 15.9 Å². The first kappa shape index (κ1) is 24.0. The smallest absolute Gasteiger partial charge is 0.550 e. The van der Waals surface area contributed by atoms with Gasteiger partial charge in [0.25, 0.3) is 0 Å². The van der Waals surface area contributed by atoms with Gasteiger partial charge in [-0.3, -0.25) is 4.79 Å². The summed E-state index contributed by atoms with van der Waals surface area (Å²) in [7, 11) is 0. The minimum Gasteiger partial charge on any atom is -0.550 e. The minimum atomic E-state index is -1.23. The number of para-hydroxylation sites is 1. The molecule has 0 spiro atoms. The Bertz CT molecular complexity index is 676. The molecule has 0 saturated heterocycles. The van der Waals surface area contributed by atoms with E-state index in [0.717, 1.165) is 4.47 Å². The van der Waals surface area contributed by atoms with Gasteiger partial charge in [0.1, 0.15) is 0 Å². The molecule has 2 rings (SSSR count). The molecule has 0 aromatic heterocycles. The van der Waals surface area contributed by atoms with Crippen molar-refractivity contribution in [2.75, 3.05) is 5.73 Å². The number of ketones is 1. The van der Waals surface area contributed by atoms with Crippen LogP contribution in [0, 0.1) is 0 Å². The van der Waals surface area contributed by atoms with Gasteiger partial charge in [-0.15, -0.1) is 0 Å². The van der Waals surface area contributed by atoms with E-state index in [0.29, 0.717) is 16.7 Å². The maximum atomic E-state index is 12.4. The predicted molar refractivity (Wildman–Crippen MR) is 84.4 cm³/mol. The van der Waals surface area contributed by atoms with Gasteiger partial charge in [-0.1, -0.05) is 28.1 Å². The number of halogens is 1. The summed E-state index contributed by atoms with van der Waals surface area (Å²) in [4.78, 5) is 23.0. The number of carboxylic acid groups (broad SMARTS) is 1. The van der Waals surface area contributed by atoms with Crippen LogP contribution in [0.4, 0.5) is 5.69 Å². The van der Waals surface area contributed by atoms with E-state index in [1.54, 1.807) is 42.5 Å². The van der Waals surface area contributed by atoms with Crippen LogP contribution in [0.1, 0.15) is 21.5 Å². The molecule has 0 bridgehead atoms. The molecule has 0 unspecified atom stereocenters. The number of aliphatic carboxylic acids is 1. The van der Waals surface area contributed by atoms with Crippen molar-refractivity contribution >= 4 is 33.4 Å². The molecule has 0 aliphatic rings. The molecule has 0 fully saturated rings. The van der Waals surface area contributed by atoms with E-state index < -0.39 is 5.97 Å². The summed E-state index contributed by atoms with van der Waals surface area (Å²) in [5, 5.41) is 10.7. The van der Waals surface area contributed by atoms with Gasteiger partial charge in [-0.2, -0.15) is 0 Å². The van der Waals surface area contributed by atoms with Gasteiger partial charge >= 0.3 is 29.6 Å². The van der Waals surface area contributed by atoms with Crippen molar-refractivity contribution in [2.24, 2.45) is 0 Å². The van der Waals surface area contributed by atoms with Gasteiger partial charge < -0.3 is 26.6 Å². The van der Waals surface area contributed by atoms with Gasteiger partial charge in [0.15, 0.2) is 5.78 Å². The first-order valence-electron chi connectivity index (χ1n) is 5.86. The summed E-state index contributed by atoms with van der Waals surface area (Å²) in [5.41, 5.74) is 7.23. The first-order chi connectivity index (χ1) is 9.49. The van der Waals surface area contributed by atoms with E-state index in [-0.39, 0.29) is 58.4 Å². The van der Waals surface area contributed by atoms with Crippen molar-refractivity contribution in [3.05, 3.63) is 63.6 Å². The molecule has 0 saturated carbocycles. The Labute approximate surface area is 163 Å². The van der Waals surface area contributed by atoms with Crippen molar-refractivity contribution in [2.45, 2.75) is 6.42 Å². The Balaban J connectivity index is 0. The van der Waals surface area contributed by atoms with Gasteiger partial charge in [0, 0.05) is 33.7 Å². The second kappa shape index (κ2) is 10.5. The summed E-state index contributed by atoms with van der Waals surface area (Å²) in [6, 6.07) is 11.6. The van der Waals surface area contributed by atoms with Crippen LogP contribution in [-0.4, -0.2) is 22.7 Å². The van der Waals surface area contributed by atoms with Crippen molar-refractivity contribution in [3.8, 4) is 0 Å². The largest absolute Gasteiger partial charge is 1.00 e. The Morgan fingerprint density at radius 1 is 1.04 bits per heavy atom. The van der Waals surface area contributed by atoms with Gasteiger partial charge in [0.05, 0.1) is 0 Å². The number of carbonyl (C=O) groups is 2. The zero-order valence-electron chi connectivity index (χ0n) is 12.4. The Morgan fingerprint density at radius 2 is 1.61 bits per heavy atom. The molecule has 0 amide bonds. The van der Waals surface area contributed by atoms with Gasteiger partial charge in [-0.25, -0.2) is 0 Å². The number of hydrogen-bond acceptors (Lipinski definition) is 4. The van der Waals surface area contributed by atoms with E-state index in [1.165, 1.54) is 0 Å². The predicted octanol–water partition coefficient (Wildman–Crippen LogP) is -3.09. The van der Waals surface area contributed by atoms with Crippen LogP contribution in [0.15, 0.2) is 46.9 Å². The molecule has 118 valence electrons. The summed E-state index contributed by atoms with van der Waals surface area (Å²) >= 11 is 3.30. The molecular weight excluding hydrogens is 377 g/mol. The van der Waals surface area contributed by atoms with Crippen LogP contribution in [0.3, 0.4) is 0 Å². The molecule has 2 aromatic rings. The fourth-order valence-electron chi connectivity index (χ4n) is 1.88. The molecule has 6 N–H and O–H groups in total. The molecule has 0 radical (unpaired) electrons. The third-order valence-electron chi connectivity index (χ3n) is 2.88. The first-order valence-corrected chi connectivity index (χ1v) is 6.66. The second-order valence-electron chi connectivity index (χ2n) is 4.26. The third-order valence-corrected chi connectivity index (χ3v) is 3.41. The molecule has 0 aliphatic carbocycles. The van der Waals surface area contributed by atoms with Crippen LogP contribution in [0.25, 0.3) is 0 Å². The van der Waals surface area contributed by atoms with E-state index in [4.69, 9.17) is 5.73 Å². The van der Waals surface area contributed by atoms with E-state index in [9.17, 15) is 14.7 Å². The quantitative estimate of drug-likeness (QED) is 0.334. The fraction of sp³-hybridized carbons (Fsp3) is 0.0667. The molecular formula is C15H15BrNNaO5. The van der Waals surface area contributed by atoms with Crippen molar-refractivity contribution < 1.29 is 55.2 Å². The molecule has 6 nitrogen and oxygen atoms in total. The van der Waals surface area contributed by atoms with Crippen molar-refractivity contribution in [3.63, 3.8) is 0 Å². The zero-order valence-corrected chi connectivity index (χ0v) is 16.0. The van der Waals surface area contributed by atoms with Crippen molar-refractivity contribution in [1.82, 2.24) is 0 Å². The van der Waals surface area contributed by atoms with Crippen LogP contribution >= 0.6 is 15.9 Å². The summed E-state index contributed by atoms with van der Waals surface area (Å²) < 4.78 is 0.868. The topological polar surface area (TPSA) is 146 Å². The molecule has 0 aliphatic heterocycles. The number of nitrogens with two attached hydrogens (primary N) is 1. The monoisotopic (exact) mass is 391 g/mol.